The molecule has 0 aromatic carbocycles. The molecule has 1 heteroatoms. The number of rotatable bonds is 14. The Balaban J connectivity index is 4.49. The van der Waals surface area contributed by atoms with Crippen LogP contribution in [0.3, 0.4) is 0 Å². The molecule has 0 aromatic heterocycles. The molecular weight excluding hydrogens is 254 g/mol. The van der Waals surface area contributed by atoms with Gasteiger partial charge in [-0.15, -0.1) is 0 Å². The Hall–Kier alpha value is -1.11. The van der Waals surface area contributed by atoms with Crippen LogP contribution in [0.1, 0.15) is 78.1 Å². The molecule has 0 fully saturated rings. The second kappa shape index (κ2) is 15.3. The fraction of sp³-hybridized carbons (Fsp3) is 0.650. The van der Waals surface area contributed by atoms with Crippen molar-refractivity contribution in [2.75, 3.05) is 0 Å². The highest BCUT2D eigenvalue weighted by molar-refractivity contribution is 5.96. The lowest BCUT2D eigenvalue weighted by atomic mass is 9.90. The van der Waals surface area contributed by atoms with Crippen LogP contribution in [0.2, 0.25) is 0 Å². The van der Waals surface area contributed by atoms with Gasteiger partial charge in [0.25, 0.3) is 0 Å². The van der Waals surface area contributed by atoms with Crippen molar-refractivity contribution in [1.82, 2.24) is 0 Å². The van der Waals surface area contributed by atoms with Crippen molar-refractivity contribution in [3.63, 3.8) is 0 Å². The molecule has 0 N–H and O–H groups in total. The fourth-order valence-electron chi connectivity index (χ4n) is 2.59. The Morgan fingerprint density at radius 3 is 1.90 bits per heavy atom. The van der Waals surface area contributed by atoms with Gasteiger partial charge in [0, 0.05) is 17.8 Å². The van der Waals surface area contributed by atoms with Gasteiger partial charge in [0.2, 0.25) is 0 Å². The average molecular weight is 290 g/mol. The molecule has 0 aromatic rings. The van der Waals surface area contributed by atoms with E-state index < -0.39 is 0 Å². The van der Waals surface area contributed by atoms with Crippen molar-refractivity contribution in [3.8, 4) is 0 Å². The van der Waals surface area contributed by atoms with E-state index in [2.05, 4.69) is 32.0 Å². The van der Waals surface area contributed by atoms with Gasteiger partial charge in [-0.05, 0) is 25.0 Å². The number of unbranched alkanes of at least 4 members (excludes halogenated alkanes) is 6. The van der Waals surface area contributed by atoms with Gasteiger partial charge in [0.15, 0.2) is 0 Å². The highest BCUT2D eigenvalue weighted by Crippen LogP contribution is 2.21. The van der Waals surface area contributed by atoms with E-state index in [1.807, 2.05) is 18.4 Å². The van der Waals surface area contributed by atoms with E-state index in [0.29, 0.717) is 5.92 Å². The molecule has 0 atom stereocenters. The van der Waals surface area contributed by atoms with Gasteiger partial charge >= 0.3 is 0 Å². The zero-order valence-corrected chi connectivity index (χ0v) is 14.3. The predicted molar refractivity (Wildman–Crippen MR) is 98.0 cm³/mol. The van der Waals surface area contributed by atoms with Crippen LogP contribution in [-0.4, -0.2) is 5.71 Å². The molecule has 0 radical (unpaired) electrons. The third-order valence-corrected chi connectivity index (χ3v) is 3.89. The quantitative estimate of drug-likeness (QED) is 0.188. The monoisotopic (exact) mass is 289 g/mol. The Bertz CT molecular complexity index is 300. The molecule has 21 heavy (non-hydrogen) atoms. The molecule has 0 aliphatic heterocycles. The normalized spacial score (nSPS) is 12.2. The molecule has 0 aliphatic rings. The molecule has 0 spiro atoms. The van der Waals surface area contributed by atoms with Crippen LogP contribution in [0, 0.1) is 5.92 Å². The molecule has 1 nitrogen and oxygen atoms in total. The predicted octanol–water partition coefficient (Wildman–Crippen LogP) is 6.87. The minimum Gasteiger partial charge on any atom is -0.261 e. The fourth-order valence-corrected chi connectivity index (χ4v) is 2.59. The van der Waals surface area contributed by atoms with Gasteiger partial charge in [-0.2, -0.15) is 0 Å². The minimum absolute atomic E-state index is 0.575. The molecule has 0 bridgehead atoms. The summed E-state index contributed by atoms with van der Waals surface area (Å²) < 4.78 is 0. The zero-order chi connectivity index (χ0) is 15.8. The molecule has 0 amide bonds. The van der Waals surface area contributed by atoms with Crippen LogP contribution in [0.25, 0.3) is 0 Å². The molecule has 120 valence electrons. The summed E-state index contributed by atoms with van der Waals surface area (Å²) in [6, 6.07) is 0. The highest BCUT2D eigenvalue weighted by atomic mass is 14.7. The van der Waals surface area contributed by atoms with Crippen molar-refractivity contribution in [1.29, 1.82) is 0 Å². The highest BCUT2D eigenvalue weighted by Gasteiger charge is 2.12. The maximum absolute atomic E-state index is 4.58. The van der Waals surface area contributed by atoms with Crippen molar-refractivity contribution >= 4 is 5.71 Å². The number of hydrogen-bond donors (Lipinski definition) is 0. The Labute approximate surface area is 132 Å². The third-order valence-electron chi connectivity index (χ3n) is 3.89. The van der Waals surface area contributed by atoms with Gasteiger partial charge in [0.05, 0.1) is 0 Å². The second-order valence-corrected chi connectivity index (χ2v) is 5.73. The summed E-state index contributed by atoms with van der Waals surface area (Å²) in [5, 5.41) is 0. The number of aliphatic imine (C=N–C) groups is 1. The van der Waals surface area contributed by atoms with E-state index in [1.54, 1.807) is 6.08 Å². The van der Waals surface area contributed by atoms with Gasteiger partial charge in [-0.3, -0.25) is 4.99 Å². The molecule has 0 unspecified atom stereocenters. The van der Waals surface area contributed by atoms with E-state index in [9.17, 15) is 0 Å². The molecule has 0 saturated carbocycles. The smallest absolute Gasteiger partial charge is 0.0428 e. The largest absolute Gasteiger partial charge is 0.261 e. The first-order valence-corrected chi connectivity index (χ1v) is 8.77. The summed E-state index contributed by atoms with van der Waals surface area (Å²) in [4.78, 5) is 4.58. The van der Waals surface area contributed by atoms with E-state index in [-0.39, 0.29) is 0 Å². The summed E-state index contributed by atoms with van der Waals surface area (Å²) in [6.45, 7) is 12.2. The maximum atomic E-state index is 4.58. The maximum Gasteiger partial charge on any atom is 0.0428 e. The topological polar surface area (TPSA) is 12.4 Å². The molecule has 0 heterocycles. The van der Waals surface area contributed by atoms with Gasteiger partial charge in [-0.25, -0.2) is 0 Å². The van der Waals surface area contributed by atoms with Crippen LogP contribution in [0.5, 0.6) is 0 Å². The van der Waals surface area contributed by atoms with Gasteiger partial charge in [-0.1, -0.05) is 84.4 Å². The van der Waals surface area contributed by atoms with E-state index >= 15 is 0 Å². The lowest BCUT2D eigenvalue weighted by molar-refractivity contribution is 0.494. The second-order valence-electron chi connectivity index (χ2n) is 5.73. The summed E-state index contributed by atoms with van der Waals surface area (Å²) in [5.74, 6) is 0.575. The lowest BCUT2D eigenvalue weighted by Gasteiger charge is -2.17. The van der Waals surface area contributed by atoms with E-state index in [0.717, 1.165) is 5.71 Å². The van der Waals surface area contributed by atoms with Gasteiger partial charge < -0.3 is 0 Å². The average Bonchev–Trinajstić information content (AvgIpc) is 2.50. The lowest BCUT2D eigenvalue weighted by Crippen LogP contribution is -2.12. The van der Waals surface area contributed by atoms with Crippen LogP contribution >= 0.6 is 0 Å². The zero-order valence-electron chi connectivity index (χ0n) is 14.3. The summed E-state index contributed by atoms with van der Waals surface area (Å²) in [7, 11) is 0. The first kappa shape index (κ1) is 19.9. The number of nitrogens with zero attached hydrogens (tertiary/aromatic N) is 1. The number of allylic oxidation sites excluding steroid dienone is 3. The van der Waals surface area contributed by atoms with Crippen LogP contribution in [0.15, 0.2) is 42.6 Å². The first-order valence-electron chi connectivity index (χ1n) is 8.77. The van der Waals surface area contributed by atoms with Crippen molar-refractivity contribution in [3.05, 3.63) is 37.6 Å². The molecule has 0 aliphatic carbocycles. The van der Waals surface area contributed by atoms with Crippen molar-refractivity contribution in [2.45, 2.75) is 78.1 Å². The Morgan fingerprint density at radius 2 is 1.48 bits per heavy atom. The molecule has 0 saturated heterocycles. The molecular formula is C20H35N. The first-order chi connectivity index (χ1) is 10.3. The van der Waals surface area contributed by atoms with Crippen molar-refractivity contribution < 1.29 is 0 Å². The summed E-state index contributed by atoms with van der Waals surface area (Å²) in [6.07, 6.45) is 20.5. The van der Waals surface area contributed by atoms with E-state index in [4.69, 9.17) is 0 Å². The van der Waals surface area contributed by atoms with Crippen LogP contribution < -0.4 is 0 Å². The van der Waals surface area contributed by atoms with Crippen LogP contribution in [-0.2, 0) is 0 Å². The standard InChI is InChI=1S/C20H35N/c1-5-9-12-14-16-19(17-15-13-10-6-2)20(8-4)21-18-11-7-3/h7-8,11,18-19H,3-6,9-10,12-17H2,1-2H3/b18-11-,21-20+. The Kier molecular flexibility index (Phi) is 14.5. The number of hydrogen-bond acceptors (Lipinski definition) is 1. The summed E-state index contributed by atoms with van der Waals surface area (Å²) >= 11 is 0. The SMILES string of the molecule is C=C/C=C\N=C(/C=C)C(CCCCCC)CCCCCC. The minimum atomic E-state index is 0.575. The van der Waals surface area contributed by atoms with Crippen LogP contribution in [0.4, 0.5) is 0 Å². The summed E-state index contributed by atoms with van der Waals surface area (Å²) in [5.41, 5.74) is 1.15. The van der Waals surface area contributed by atoms with Gasteiger partial charge in [0.1, 0.15) is 0 Å². The Morgan fingerprint density at radius 1 is 0.905 bits per heavy atom. The van der Waals surface area contributed by atoms with E-state index in [1.165, 1.54) is 64.2 Å². The molecule has 0 rings (SSSR count). The van der Waals surface area contributed by atoms with Crippen molar-refractivity contribution in [2.24, 2.45) is 10.9 Å². The third kappa shape index (κ3) is 11.2.